The molecule has 0 aliphatic heterocycles. The summed E-state index contributed by atoms with van der Waals surface area (Å²) in [5, 5.41) is 0. The van der Waals surface area contributed by atoms with E-state index in [4.69, 9.17) is 8.44 Å². The van der Waals surface area contributed by atoms with Gasteiger partial charge in [-0.25, -0.2) is 0 Å². The summed E-state index contributed by atoms with van der Waals surface area (Å²) in [6.45, 7) is 13.1. The van der Waals surface area contributed by atoms with E-state index in [0.29, 0.717) is 17.8 Å². The standard InChI is InChI=1S/3C9H12O.Bi/c3*1-7(2)8-5-3-4-6-9(8)10;/h3*3-7,10H,1-2H3;/q;;;+3/p-3. The van der Waals surface area contributed by atoms with E-state index in [1.165, 1.54) is 16.7 Å². The fraction of sp³-hybridized carbons (Fsp3) is 0.333. The van der Waals surface area contributed by atoms with Gasteiger partial charge in [0.05, 0.1) is 0 Å². The van der Waals surface area contributed by atoms with Crippen LogP contribution < -0.4 is 8.44 Å². The van der Waals surface area contributed by atoms with Crippen molar-refractivity contribution in [2.75, 3.05) is 0 Å². The molecule has 4 heteroatoms. The first kappa shape index (κ1) is 23.6. The third-order valence-electron chi connectivity index (χ3n) is 5.14. The van der Waals surface area contributed by atoms with Crippen LogP contribution in [0.2, 0.25) is 0 Å². The predicted molar refractivity (Wildman–Crippen MR) is 129 cm³/mol. The molecule has 3 nitrogen and oxygen atoms in total. The normalized spacial score (nSPS) is 11.4. The molecule has 164 valence electrons. The quantitative estimate of drug-likeness (QED) is 0.233. The molecule has 0 unspecified atom stereocenters. The van der Waals surface area contributed by atoms with Gasteiger partial charge in [-0.2, -0.15) is 0 Å². The number of hydrogen-bond donors (Lipinski definition) is 0. The number of hydrogen-bond acceptors (Lipinski definition) is 3. The molecule has 0 aromatic heterocycles. The fourth-order valence-electron chi connectivity index (χ4n) is 3.42. The molecule has 31 heavy (non-hydrogen) atoms. The molecule has 0 amide bonds. The van der Waals surface area contributed by atoms with Crippen molar-refractivity contribution >= 4 is 23.1 Å². The minimum absolute atomic E-state index is 0.355. The molecule has 0 aliphatic rings. The Labute approximate surface area is 196 Å². The third-order valence-corrected chi connectivity index (χ3v) is 9.17. The van der Waals surface area contributed by atoms with Gasteiger partial charge >= 0.3 is 198 Å². The summed E-state index contributed by atoms with van der Waals surface area (Å²) in [4.78, 5) is 0. The molecule has 0 heterocycles. The molecule has 0 fully saturated rings. The Morgan fingerprint density at radius 3 is 0.968 bits per heavy atom. The molecule has 3 aromatic rings. The van der Waals surface area contributed by atoms with Gasteiger partial charge in [-0.15, -0.1) is 0 Å². The summed E-state index contributed by atoms with van der Waals surface area (Å²) in [5.41, 5.74) is 3.51. The van der Waals surface area contributed by atoms with Crippen LogP contribution in [-0.2, 0) is 0 Å². The Kier molecular flexibility index (Phi) is 8.38. The van der Waals surface area contributed by atoms with Gasteiger partial charge in [0.2, 0.25) is 0 Å². The van der Waals surface area contributed by atoms with Crippen molar-refractivity contribution in [2.24, 2.45) is 0 Å². The van der Waals surface area contributed by atoms with E-state index >= 15 is 0 Å². The van der Waals surface area contributed by atoms with E-state index in [2.05, 4.69) is 77.9 Å². The summed E-state index contributed by atoms with van der Waals surface area (Å²) in [7, 11) is 0. The Hall–Kier alpha value is -2.06. The molecule has 0 bridgehead atoms. The fourth-order valence-corrected chi connectivity index (χ4v) is 7.67. The van der Waals surface area contributed by atoms with Gasteiger partial charge in [0.1, 0.15) is 0 Å². The van der Waals surface area contributed by atoms with Gasteiger partial charge in [-0.1, -0.05) is 0 Å². The molecular weight excluding hydrogens is 581 g/mol. The average molecular weight is 615 g/mol. The van der Waals surface area contributed by atoms with Crippen LogP contribution >= 0.6 is 0 Å². The molecule has 3 rings (SSSR count). The molecule has 3 aromatic carbocycles. The van der Waals surface area contributed by atoms with Crippen molar-refractivity contribution in [3.05, 3.63) is 89.5 Å². The van der Waals surface area contributed by atoms with Gasteiger partial charge in [-0.05, 0) is 0 Å². The Balaban J connectivity index is 1.97. The Morgan fingerprint density at radius 2 is 0.710 bits per heavy atom. The van der Waals surface area contributed by atoms with Crippen molar-refractivity contribution in [3.8, 4) is 17.2 Å². The van der Waals surface area contributed by atoms with Crippen molar-refractivity contribution in [1.82, 2.24) is 0 Å². The van der Waals surface area contributed by atoms with Crippen LogP contribution in [-0.4, -0.2) is 23.1 Å². The summed E-state index contributed by atoms with van der Waals surface area (Å²) < 4.78 is 19.6. The van der Waals surface area contributed by atoms with Crippen LogP contribution in [0.4, 0.5) is 0 Å². The van der Waals surface area contributed by atoms with Gasteiger partial charge in [-0.3, -0.25) is 0 Å². The van der Waals surface area contributed by atoms with Crippen molar-refractivity contribution in [1.29, 1.82) is 0 Å². The topological polar surface area (TPSA) is 27.7 Å². The van der Waals surface area contributed by atoms with Crippen LogP contribution in [0.3, 0.4) is 0 Å². The van der Waals surface area contributed by atoms with Gasteiger partial charge in [0.25, 0.3) is 0 Å². The maximum absolute atomic E-state index is 6.54. The summed E-state index contributed by atoms with van der Waals surface area (Å²) >= 11 is -3.42. The van der Waals surface area contributed by atoms with Crippen molar-refractivity contribution < 1.29 is 8.44 Å². The third kappa shape index (κ3) is 6.23. The molecule has 0 aliphatic carbocycles. The summed E-state index contributed by atoms with van der Waals surface area (Å²) in [6, 6.07) is 24.6. The van der Waals surface area contributed by atoms with Crippen molar-refractivity contribution in [3.63, 3.8) is 0 Å². The second-order valence-corrected chi connectivity index (χ2v) is 12.4. The number of rotatable bonds is 9. The molecule has 0 spiro atoms. The monoisotopic (exact) mass is 614 g/mol. The van der Waals surface area contributed by atoms with Gasteiger partial charge in [0.15, 0.2) is 0 Å². The van der Waals surface area contributed by atoms with E-state index < -0.39 is 23.1 Å². The minimum atomic E-state index is -3.42. The molecule has 0 radical (unpaired) electrons. The maximum atomic E-state index is 6.54. The molecule has 0 N–H and O–H groups in total. The summed E-state index contributed by atoms with van der Waals surface area (Å²) in [5.74, 6) is 3.65. The first-order valence-electron chi connectivity index (χ1n) is 11.0. The zero-order chi connectivity index (χ0) is 22.4. The zero-order valence-electron chi connectivity index (χ0n) is 19.3. The molecular formula is C27H33BiO3. The number of benzene rings is 3. The average Bonchev–Trinajstić information content (AvgIpc) is 2.74. The SMILES string of the molecule is CC(C)c1ccccc1[O][Bi]([O]c1ccccc1C(C)C)[O]c1ccccc1C(C)C. The Bertz CT molecular complexity index is 854. The second-order valence-electron chi connectivity index (χ2n) is 8.58. The molecule has 0 atom stereocenters. The van der Waals surface area contributed by atoms with Crippen LogP contribution in [0.25, 0.3) is 0 Å². The van der Waals surface area contributed by atoms with Crippen LogP contribution in [0, 0.1) is 0 Å². The van der Waals surface area contributed by atoms with Gasteiger partial charge in [0, 0.05) is 0 Å². The first-order chi connectivity index (χ1) is 14.9. The van der Waals surface area contributed by atoms with E-state index in [1.807, 2.05) is 36.4 Å². The van der Waals surface area contributed by atoms with E-state index in [9.17, 15) is 0 Å². The van der Waals surface area contributed by atoms with E-state index in [-0.39, 0.29) is 0 Å². The molecule has 0 saturated heterocycles. The van der Waals surface area contributed by atoms with Crippen LogP contribution in [0.5, 0.6) is 17.2 Å². The van der Waals surface area contributed by atoms with Crippen LogP contribution in [0.1, 0.15) is 76.0 Å². The van der Waals surface area contributed by atoms with Crippen molar-refractivity contribution in [2.45, 2.75) is 59.3 Å². The Morgan fingerprint density at radius 1 is 0.452 bits per heavy atom. The van der Waals surface area contributed by atoms with E-state index in [1.54, 1.807) is 0 Å². The second kappa shape index (κ2) is 11.0. The number of para-hydroxylation sites is 3. The molecule has 0 saturated carbocycles. The van der Waals surface area contributed by atoms with Gasteiger partial charge < -0.3 is 0 Å². The predicted octanol–water partition coefficient (Wildman–Crippen LogP) is 7.58. The van der Waals surface area contributed by atoms with E-state index in [0.717, 1.165) is 17.2 Å². The van der Waals surface area contributed by atoms with Crippen LogP contribution in [0.15, 0.2) is 72.8 Å². The first-order valence-corrected chi connectivity index (χ1v) is 15.2. The zero-order valence-corrected chi connectivity index (χ0v) is 22.8. The summed E-state index contributed by atoms with van der Waals surface area (Å²) in [6.07, 6.45) is 0.